The first-order valence-electron chi connectivity index (χ1n) is 21.0. The van der Waals surface area contributed by atoms with Gasteiger partial charge in [0.2, 0.25) is 40.0 Å². The summed E-state index contributed by atoms with van der Waals surface area (Å²) in [5.74, 6) is 6.43. The Bertz CT molecular complexity index is 4230. The second-order valence-electron chi connectivity index (χ2n) is 14.4. The molecule has 0 aliphatic heterocycles. The first-order chi connectivity index (χ1) is 40.0. The predicted molar refractivity (Wildman–Crippen MR) is 305 cm³/mol. The summed E-state index contributed by atoms with van der Waals surface area (Å²) >= 11 is 13.8. The molecular formula is C40H34Cl2N16O22S6. The third kappa shape index (κ3) is 20.7. The van der Waals surface area contributed by atoms with Crippen molar-refractivity contribution < 1.29 is 106 Å². The van der Waals surface area contributed by atoms with Crippen molar-refractivity contribution in [2.75, 3.05) is 16.0 Å². The number of halogens is 2. The summed E-state index contributed by atoms with van der Waals surface area (Å²) in [6.07, 6.45) is 3.05. The molecule has 0 fully saturated rings. The second-order valence-corrected chi connectivity index (χ2v) is 21.4. The molecule has 0 aliphatic carbocycles. The van der Waals surface area contributed by atoms with E-state index in [9.17, 15) is 49.4 Å². The highest BCUT2D eigenvalue weighted by molar-refractivity contribution is 8.13. The number of aromatic nitrogens is 6. The summed E-state index contributed by atoms with van der Waals surface area (Å²) in [7, 11) is -15.0. The van der Waals surface area contributed by atoms with Crippen LogP contribution in [-0.2, 0) is 54.1 Å². The fraction of sp³-hybridized carbons (Fsp3) is 0. The SMILES string of the molecule is NOC=Nc1cc(Nc2nc(Cl)nc(Nc3cc(N=C=CO)c(S(=O)(=O)O)cc3N=Nc3cc(Nc4nc(Cl)nc(SC(=O)O)n4)ccc3SOOO)n2)ccc1N=Nc1ccc2cc(SC#COOS(=O)(=O)O)ccc2c1S(=O)(=O)O.O.O.OO.[HH]. The van der Waals surface area contributed by atoms with Crippen LogP contribution in [0.15, 0.2) is 140 Å². The lowest BCUT2D eigenvalue weighted by atomic mass is 10.1. The van der Waals surface area contributed by atoms with Crippen molar-refractivity contribution in [3.8, 4) is 11.4 Å². The Labute approximate surface area is 503 Å². The van der Waals surface area contributed by atoms with E-state index in [1.807, 2.05) is 12.0 Å². The largest absolute Gasteiger partial charge is 0.506 e. The minimum absolute atomic E-state index is 0. The Morgan fingerprint density at radius 2 is 1.33 bits per heavy atom. The Kier molecular flexibility index (Phi) is 26.2. The molecule has 0 radical (unpaired) electrons. The maximum Gasteiger partial charge on any atom is 0.433 e. The van der Waals surface area contributed by atoms with E-state index < -0.39 is 56.7 Å². The average molecular weight is 1350 g/mol. The number of rotatable bonds is 22. The lowest BCUT2D eigenvalue weighted by Gasteiger charge is -2.13. The first kappa shape index (κ1) is 70.0. The molecule has 456 valence electrons. The number of nitrogens with one attached hydrogen (secondary N) is 3. The van der Waals surface area contributed by atoms with E-state index in [4.69, 9.17) is 49.4 Å². The highest BCUT2D eigenvalue weighted by Gasteiger charge is 2.23. The molecule has 2 heterocycles. The fourth-order valence-electron chi connectivity index (χ4n) is 6.21. The van der Waals surface area contributed by atoms with E-state index in [-0.39, 0.29) is 114 Å². The normalized spacial score (nSPS) is 11.3. The van der Waals surface area contributed by atoms with Crippen molar-refractivity contribution in [1.82, 2.24) is 29.9 Å². The summed E-state index contributed by atoms with van der Waals surface area (Å²) in [4.78, 5) is 50.8. The lowest BCUT2D eigenvalue weighted by molar-refractivity contribution is -0.432. The summed E-state index contributed by atoms with van der Waals surface area (Å²) in [6.45, 7) is 0. The van der Waals surface area contributed by atoms with Crippen LogP contribution in [0.2, 0.25) is 10.6 Å². The van der Waals surface area contributed by atoms with Crippen molar-refractivity contribution in [1.29, 1.82) is 0 Å². The van der Waals surface area contributed by atoms with Gasteiger partial charge < -0.3 is 42.0 Å². The average Bonchev–Trinajstić information content (AvgIpc) is 2.39. The molecule has 5 aromatic carbocycles. The number of hydrogen-bond acceptors (Lipinski definition) is 35. The zero-order valence-electron chi connectivity index (χ0n) is 41.3. The Morgan fingerprint density at radius 3 is 1.97 bits per heavy atom. The highest BCUT2D eigenvalue weighted by Crippen LogP contribution is 2.42. The molecule has 0 atom stereocenters. The predicted octanol–water partition coefficient (Wildman–Crippen LogP) is 8.57. The molecule has 0 spiro atoms. The molecule has 46 heteroatoms. The molecule has 7 rings (SSSR count). The van der Waals surface area contributed by atoms with Gasteiger partial charge in [0, 0.05) is 46.0 Å². The maximum absolute atomic E-state index is 12.7. The van der Waals surface area contributed by atoms with Crippen molar-refractivity contribution >= 4 is 187 Å². The molecule has 17 N–H and O–H groups in total. The minimum Gasteiger partial charge on any atom is -0.506 e. The van der Waals surface area contributed by atoms with E-state index in [2.05, 4.69) is 105 Å². The van der Waals surface area contributed by atoms with Gasteiger partial charge in [0.1, 0.15) is 38.8 Å². The molecule has 7 aromatic rings. The van der Waals surface area contributed by atoms with E-state index in [0.717, 1.165) is 30.3 Å². The molecule has 0 bridgehead atoms. The van der Waals surface area contributed by atoms with Gasteiger partial charge in [-0.2, -0.15) is 61.1 Å². The maximum atomic E-state index is 12.7. The van der Waals surface area contributed by atoms with Crippen LogP contribution >= 0.6 is 58.8 Å². The van der Waals surface area contributed by atoms with E-state index >= 15 is 0 Å². The van der Waals surface area contributed by atoms with Crippen molar-refractivity contribution in [3.05, 3.63) is 95.7 Å². The molecule has 0 unspecified atom stereocenters. The number of nitrogens with zero attached hydrogens (tertiary/aromatic N) is 12. The number of benzene rings is 5. The molecule has 0 aliphatic rings. The number of nitrogens with two attached hydrogens (primary N) is 1. The van der Waals surface area contributed by atoms with Crippen LogP contribution in [-0.4, -0.2) is 123 Å². The van der Waals surface area contributed by atoms with Crippen LogP contribution in [0, 0.1) is 11.4 Å². The monoisotopic (exact) mass is 1350 g/mol. The molecule has 86 heavy (non-hydrogen) atoms. The van der Waals surface area contributed by atoms with Gasteiger partial charge in [-0.15, -0.1) is 24.8 Å². The van der Waals surface area contributed by atoms with E-state index in [1.54, 1.807) is 0 Å². The minimum atomic E-state index is -5.11. The second kappa shape index (κ2) is 32.2. The van der Waals surface area contributed by atoms with Gasteiger partial charge in [-0.3, -0.25) is 29.1 Å². The molecule has 0 saturated carbocycles. The van der Waals surface area contributed by atoms with Gasteiger partial charge in [0.05, 0.1) is 34.0 Å². The number of carbonyl (C=O) groups is 1. The number of fused-ring (bicyclic) bond motifs is 1. The highest BCUT2D eigenvalue weighted by atomic mass is 35.5. The van der Waals surface area contributed by atoms with Crippen molar-refractivity contribution in [2.24, 2.45) is 36.3 Å². The number of anilines is 6. The number of aliphatic imine (C=N–C) groups is 2. The van der Waals surface area contributed by atoms with Crippen LogP contribution in [0.4, 0.5) is 73.8 Å². The van der Waals surface area contributed by atoms with E-state index in [1.165, 1.54) is 66.7 Å². The summed E-state index contributed by atoms with van der Waals surface area (Å²) < 4.78 is 109. The molecular weight excluding hydrogens is 1320 g/mol. The Morgan fingerprint density at radius 1 is 0.709 bits per heavy atom. The van der Waals surface area contributed by atoms with Crippen LogP contribution in [0.5, 0.6) is 0 Å². The third-order valence-corrected chi connectivity index (χ3v) is 13.4. The lowest BCUT2D eigenvalue weighted by Crippen LogP contribution is -2.05. The number of azo groups is 2. The Hall–Kier alpha value is -8.47. The van der Waals surface area contributed by atoms with Crippen molar-refractivity contribution in [3.63, 3.8) is 0 Å². The van der Waals surface area contributed by atoms with Gasteiger partial charge in [-0.25, -0.2) is 20.0 Å². The summed E-state index contributed by atoms with van der Waals surface area (Å²) in [5, 5.41) is 68.4. The van der Waals surface area contributed by atoms with E-state index in [0.29, 0.717) is 23.2 Å². The zero-order chi connectivity index (χ0) is 61.2. The summed E-state index contributed by atoms with van der Waals surface area (Å²) in [5.41, 5.74) is -1.19. The molecule has 0 saturated heterocycles. The quantitative estimate of drug-likeness (QED) is 0.00289. The topological polar surface area (TPSA) is 604 Å². The molecule has 0 amide bonds. The van der Waals surface area contributed by atoms with Crippen LogP contribution in [0.3, 0.4) is 0 Å². The van der Waals surface area contributed by atoms with Gasteiger partial charge in [-0.1, -0.05) is 17.2 Å². The number of thioether (sulfide) groups is 2. The van der Waals surface area contributed by atoms with Crippen molar-refractivity contribution in [2.45, 2.75) is 24.7 Å². The number of aliphatic hydroxyl groups excluding tert-OH is 1. The number of carboxylic acid groups (broad SMARTS) is 1. The number of aliphatic hydroxyl groups is 1. The van der Waals surface area contributed by atoms with Gasteiger partial charge in [0.15, 0.2) is 6.11 Å². The molecule has 2 aromatic heterocycles. The Balaban J connectivity index is 0.00000392. The van der Waals surface area contributed by atoms with Gasteiger partial charge in [0.25, 0.3) is 20.2 Å². The fourth-order valence-corrected chi connectivity index (χ4v) is 9.52. The third-order valence-electron chi connectivity index (χ3n) is 9.15. The summed E-state index contributed by atoms with van der Waals surface area (Å²) in [6, 6.07) is 17.0. The zero-order valence-corrected chi connectivity index (χ0v) is 47.7. The smallest absolute Gasteiger partial charge is 0.433 e. The van der Waals surface area contributed by atoms with Crippen LogP contribution in [0.1, 0.15) is 1.43 Å². The standard InChI is InChI=1S/C40H26Cl2N16O18S6.H2O2.2H2O.H2/c41-34-49-36(46-20-2-7-24(26(14-20)45-18-72-43)55-56-25-6-1-19-13-22(77-12-11-73-76-82(69,70)71)4-5-23(19)33(25)81(66,67)68)53-38(50-34)48-27-16-30(44-9-10-59)32(80(63,64)65)17-28(27)57-58-29-15-21(3-8-31(29)79-75-74-62)47-37-51-35(42)52-39(54-37)78-40(60)61;1-2;;;/h1-8,10,13-18,59,62H,43H2,(H,60,61)(H,63,64,65)(H,66,67,68)(H,69,70,71)(H,47,51,52,54)(H2,46,48,49,50,53);1-2H;2*1H2;1H. The van der Waals surface area contributed by atoms with Gasteiger partial charge >= 0.3 is 15.7 Å². The number of hydrogen-bond donors (Lipinski definition) is 12. The van der Waals surface area contributed by atoms with Crippen LogP contribution in [0.25, 0.3) is 10.8 Å². The van der Waals surface area contributed by atoms with Crippen LogP contribution < -0.4 is 21.8 Å². The first-order valence-corrected chi connectivity index (χ1v) is 28.4. The molecule has 38 nitrogen and oxygen atoms in total. The van der Waals surface area contributed by atoms with Gasteiger partial charge in [-0.05, 0) is 111 Å².